The Morgan fingerprint density at radius 2 is 1.17 bits per heavy atom. The molecule has 0 saturated carbocycles. The van der Waals surface area contributed by atoms with Gasteiger partial charge in [-0.05, 0) is 0 Å². The van der Waals surface area contributed by atoms with Gasteiger partial charge in [-0.1, -0.05) is 0 Å². The molecule has 8 heteroatoms. The van der Waals surface area contributed by atoms with Gasteiger partial charge in [0.05, 0.1) is 0 Å². The second-order valence-electron chi connectivity index (χ2n) is 2.09. The number of hydrogen-bond donors (Lipinski definition) is 1. The van der Waals surface area contributed by atoms with Gasteiger partial charge in [0.2, 0.25) is 0 Å². The van der Waals surface area contributed by atoms with Crippen LogP contribution in [-0.2, 0) is 0 Å². The third kappa shape index (κ3) is 3.24. The van der Waals surface area contributed by atoms with E-state index in [1.165, 1.54) is 0 Å². The lowest BCUT2D eigenvalue weighted by molar-refractivity contribution is -0.285. The second-order valence-corrected chi connectivity index (χ2v) is 2.09. The van der Waals surface area contributed by atoms with Gasteiger partial charge >= 0.3 is 18.3 Å². The summed E-state index contributed by atoms with van der Waals surface area (Å²) in [5.41, 5.74) is 0. The Morgan fingerprint density at radius 3 is 1.25 bits per heavy atom. The highest BCUT2D eigenvalue weighted by Gasteiger charge is 2.57. The number of rotatable bonds is 2. The Balaban J connectivity index is 4.44. The van der Waals surface area contributed by atoms with E-state index >= 15 is 0 Å². The number of nitrogens with one attached hydrogen (secondary N) is 1. The van der Waals surface area contributed by atoms with E-state index in [1.807, 2.05) is 0 Å². The molecule has 0 aliphatic carbocycles. The lowest BCUT2D eigenvalue weighted by Gasteiger charge is -2.24. The van der Waals surface area contributed by atoms with Crippen LogP contribution in [0.25, 0.3) is 0 Å². The quantitative estimate of drug-likeness (QED) is 0.531. The summed E-state index contributed by atoms with van der Waals surface area (Å²) in [6.07, 6.45) is -5.54. The zero-order valence-corrected chi connectivity index (χ0v) is 5.65. The highest BCUT2D eigenvalue weighted by molar-refractivity contribution is 4.78. The van der Waals surface area contributed by atoms with Crippen LogP contribution in [0.1, 0.15) is 6.92 Å². The Labute approximate surface area is 62.5 Å². The topological polar surface area (TPSA) is 12.0 Å². The first-order valence-corrected chi connectivity index (χ1v) is 2.57. The molecule has 0 aromatic carbocycles. The van der Waals surface area contributed by atoms with E-state index in [4.69, 9.17) is 0 Å². The first kappa shape index (κ1) is 11.5. The summed E-state index contributed by atoms with van der Waals surface area (Å²) in [7, 11) is 0. The van der Waals surface area contributed by atoms with Gasteiger partial charge in [-0.2, -0.15) is 36.0 Å². The van der Waals surface area contributed by atoms with Crippen molar-refractivity contribution in [3.05, 3.63) is 0 Å². The van der Waals surface area contributed by atoms with Gasteiger partial charge in [0.25, 0.3) is 0 Å². The van der Waals surface area contributed by atoms with Crippen molar-refractivity contribution in [3.63, 3.8) is 0 Å². The molecule has 0 rings (SSSR count). The van der Waals surface area contributed by atoms with E-state index in [0.29, 0.717) is 0 Å². The van der Waals surface area contributed by atoms with Crippen molar-refractivity contribution in [3.8, 4) is 0 Å². The predicted octanol–water partition coefficient (Wildman–Crippen LogP) is 2.34. The third-order valence-electron chi connectivity index (χ3n) is 0.850. The number of hydrogen-bond acceptors (Lipinski definition) is 1. The SMILES string of the molecule is CC(F)(F)C(F)(F)NC(F)(F)F. The molecule has 0 aliphatic heterocycles. The van der Waals surface area contributed by atoms with E-state index in [9.17, 15) is 30.7 Å². The van der Waals surface area contributed by atoms with Crippen molar-refractivity contribution in [1.82, 2.24) is 5.32 Å². The van der Waals surface area contributed by atoms with Crippen LogP contribution in [0.4, 0.5) is 30.7 Å². The molecular weight excluding hydrogens is 195 g/mol. The smallest absolute Gasteiger partial charge is 0.199 e. The van der Waals surface area contributed by atoms with E-state index in [-0.39, 0.29) is 6.92 Å². The van der Waals surface area contributed by atoms with Crippen LogP contribution in [0, 0.1) is 0 Å². The molecule has 0 fully saturated rings. The van der Waals surface area contributed by atoms with E-state index in [2.05, 4.69) is 0 Å². The average molecular weight is 199 g/mol. The molecule has 0 heterocycles. The Morgan fingerprint density at radius 1 is 0.833 bits per heavy atom. The van der Waals surface area contributed by atoms with Crippen molar-refractivity contribution in [2.24, 2.45) is 0 Å². The average Bonchev–Trinajstić information content (AvgIpc) is 1.52. The summed E-state index contributed by atoms with van der Waals surface area (Å²) in [5, 5.41) is -0.448. The molecule has 12 heavy (non-hydrogen) atoms. The molecule has 1 N–H and O–H groups in total. The summed E-state index contributed by atoms with van der Waals surface area (Å²) in [4.78, 5) is 0. The lowest BCUT2D eigenvalue weighted by atomic mass is 10.3. The van der Waals surface area contributed by atoms with Crippen LogP contribution in [0.15, 0.2) is 0 Å². The summed E-state index contributed by atoms with van der Waals surface area (Å²) in [5.74, 6) is -4.76. The Kier molecular flexibility index (Phi) is 2.63. The fraction of sp³-hybridized carbons (Fsp3) is 1.00. The van der Waals surface area contributed by atoms with Crippen LogP contribution >= 0.6 is 0 Å². The van der Waals surface area contributed by atoms with Crippen molar-refractivity contribution < 1.29 is 30.7 Å². The van der Waals surface area contributed by atoms with Gasteiger partial charge in [-0.25, -0.2) is 0 Å². The molecule has 0 saturated heterocycles. The molecular formula is C4H4F7N. The van der Waals surface area contributed by atoms with Crippen molar-refractivity contribution in [1.29, 1.82) is 0 Å². The van der Waals surface area contributed by atoms with Crippen LogP contribution < -0.4 is 5.32 Å². The van der Waals surface area contributed by atoms with Crippen LogP contribution in [0.3, 0.4) is 0 Å². The maximum absolute atomic E-state index is 11.8. The third-order valence-corrected chi connectivity index (χ3v) is 0.850. The van der Waals surface area contributed by atoms with Crippen molar-refractivity contribution in [2.45, 2.75) is 25.2 Å². The molecule has 74 valence electrons. The maximum Gasteiger partial charge on any atom is 0.462 e. The highest BCUT2D eigenvalue weighted by atomic mass is 19.4. The zero-order valence-electron chi connectivity index (χ0n) is 5.65. The fourth-order valence-electron chi connectivity index (χ4n) is 0.288. The van der Waals surface area contributed by atoms with Crippen LogP contribution in [0.5, 0.6) is 0 Å². The van der Waals surface area contributed by atoms with E-state index in [1.54, 1.807) is 0 Å². The molecule has 0 atom stereocenters. The van der Waals surface area contributed by atoms with Crippen molar-refractivity contribution in [2.75, 3.05) is 0 Å². The summed E-state index contributed by atoms with van der Waals surface area (Å²) >= 11 is 0. The summed E-state index contributed by atoms with van der Waals surface area (Å²) in [6.45, 7) is -0.314. The Bertz CT molecular complexity index is 154. The minimum absolute atomic E-state index is 0.314. The zero-order chi connectivity index (χ0) is 10.2. The fourth-order valence-corrected chi connectivity index (χ4v) is 0.288. The molecule has 0 amide bonds. The van der Waals surface area contributed by atoms with Crippen LogP contribution in [0.2, 0.25) is 0 Å². The van der Waals surface area contributed by atoms with Gasteiger partial charge in [-0.15, -0.1) is 0 Å². The minimum Gasteiger partial charge on any atom is -0.199 e. The largest absolute Gasteiger partial charge is 0.462 e. The van der Waals surface area contributed by atoms with Gasteiger partial charge in [0.15, 0.2) is 0 Å². The number of alkyl halides is 7. The van der Waals surface area contributed by atoms with Crippen LogP contribution in [-0.4, -0.2) is 18.3 Å². The molecule has 0 aliphatic rings. The Hall–Kier alpha value is -0.530. The highest BCUT2D eigenvalue weighted by Crippen LogP contribution is 2.33. The van der Waals surface area contributed by atoms with Gasteiger partial charge < -0.3 is 0 Å². The first-order valence-electron chi connectivity index (χ1n) is 2.57. The molecule has 0 aromatic rings. The lowest BCUT2D eigenvalue weighted by Crippen LogP contribution is -2.55. The molecule has 0 unspecified atom stereocenters. The van der Waals surface area contributed by atoms with Gasteiger partial charge in [0, 0.05) is 6.92 Å². The minimum atomic E-state index is -5.54. The summed E-state index contributed by atoms with van der Waals surface area (Å²) < 4.78 is 80.6. The molecule has 0 radical (unpaired) electrons. The number of halogens is 7. The first-order chi connectivity index (χ1) is 4.96. The molecule has 1 nitrogen and oxygen atoms in total. The van der Waals surface area contributed by atoms with E-state index in [0.717, 1.165) is 0 Å². The van der Waals surface area contributed by atoms with Gasteiger partial charge in [-0.3, -0.25) is 0 Å². The summed E-state index contributed by atoms with van der Waals surface area (Å²) in [6, 6.07) is -5.29. The normalized spacial score (nSPS) is 15.0. The maximum atomic E-state index is 11.8. The molecule has 0 bridgehead atoms. The molecule has 0 aromatic heterocycles. The van der Waals surface area contributed by atoms with Gasteiger partial charge in [0.1, 0.15) is 0 Å². The monoisotopic (exact) mass is 199 g/mol. The standard InChI is InChI=1S/C4H4F7N/c1-2(5,6)3(7,8)12-4(9,10)11/h12H,1H3. The van der Waals surface area contributed by atoms with E-state index < -0.39 is 23.6 Å². The molecule has 0 spiro atoms. The van der Waals surface area contributed by atoms with Crippen molar-refractivity contribution >= 4 is 0 Å². The predicted molar refractivity (Wildman–Crippen MR) is 24.8 cm³/mol. The second kappa shape index (κ2) is 2.75.